The van der Waals surface area contributed by atoms with Gasteiger partial charge < -0.3 is 15.2 Å². The van der Waals surface area contributed by atoms with Crippen molar-refractivity contribution in [2.75, 3.05) is 19.8 Å². The minimum absolute atomic E-state index is 0.0884. The van der Waals surface area contributed by atoms with Gasteiger partial charge in [-0.25, -0.2) is 0 Å². The average molecular weight is 380 g/mol. The van der Waals surface area contributed by atoms with Crippen LogP contribution in [0.4, 0.5) is 0 Å². The summed E-state index contributed by atoms with van der Waals surface area (Å²) in [6.07, 6.45) is 10.6. The summed E-state index contributed by atoms with van der Waals surface area (Å²) in [7, 11) is 0. The predicted octanol–water partition coefficient (Wildman–Crippen LogP) is 4.26. The molecule has 1 aromatic carbocycles. The predicted molar refractivity (Wildman–Crippen MR) is 95.6 cm³/mol. The summed E-state index contributed by atoms with van der Waals surface area (Å²) in [6, 6.07) is 0. The number of hydrogen-bond acceptors (Lipinski definition) is 3. The zero-order valence-electron chi connectivity index (χ0n) is 13.8. The molecule has 0 saturated heterocycles. The van der Waals surface area contributed by atoms with Crippen LogP contribution < -0.4 is 15.2 Å². The van der Waals surface area contributed by atoms with E-state index in [1.807, 2.05) is 0 Å². The van der Waals surface area contributed by atoms with Gasteiger partial charge in [-0.05, 0) is 54.5 Å². The third kappa shape index (κ3) is 2.49. The van der Waals surface area contributed by atoms with E-state index in [2.05, 4.69) is 15.9 Å². The van der Waals surface area contributed by atoms with Crippen molar-refractivity contribution >= 4 is 15.9 Å². The molecule has 0 unspecified atom stereocenters. The third-order valence-corrected chi connectivity index (χ3v) is 6.75. The topological polar surface area (TPSA) is 44.5 Å². The Morgan fingerprint density at radius 2 is 1.52 bits per heavy atom. The third-order valence-electron chi connectivity index (χ3n) is 5.91. The first-order valence-electron chi connectivity index (χ1n) is 9.10. The van der Waals surface area contributed by atoms with E-state index in [4.69, 9.17) is 15.2 Å². The number of rotatable bonds is 2. The number of ether oxygens (including phenoxy) is 2. The molecule has 4 rings (SSSR count). The minimum Gasteiger partial charge on any atom is -0.493 e. The standard InChI is InChI=1S/C19H26BrNO2/c20-16-14-7-5-10-22-17(14)15(13-6-4-11-23-18(13)16)19(12-21)8-2-1-3-9-19/h1-12,21H2. The van der Waals surface area contributed by atoms with E-state index < -0.39 is 0 Å². The summed E-state index contributed by atoms with van der Waals surface area (Å²) in [5, 5.41) is 0. The Balaban J connectivity index is 1.96. The van der Waals surface area contributed by atoms with Crippen molar-refractivity contribution in [2.45, 2.75) is 63.2 Å². The summed E-state index contributed by atoms with van der Waals surface area (Å²) < 4.78 is 13.5. The molecule has 126 valence electrons. The van der Waals surface area contributed by atoms with Gasteiger partial charge in [0.05, 0.1) is 17.7 Å². The molecule has 4 heteroatoms. The summed E-state index contributed by atoms with van der Waals surface area (Å²) in [5.74, 6) is 2.22. The van der Waals surface area contributed by atoms with Crippen molar-refractivity contribution in [3.8, 4) is 11.5 Å². The average Bonchev–Trinajstić information content (AvgIpc) is 2.63. The highest BCUT2D eigenvalue weighted by atomic mass is 79.9. The summed E-state index contributed by atoms with van der Waals surface area (Å²) in [6.45, 7) is 2.36. The molecule has 3 aliphatic rings. The Morgan fingerprint density at radius 1 is 0.870 bits per heavy atom. The second kappa shape index (κ2) is 6.29. The van der Waals surface area contributed by atoms with Crippen LogP contribution in [0.15, 0.2) is 4.47 Å². The second-order valence-corrected chi connectivity index (χ2v) is 8.05. The lowest BCUT2D eigenvalue weighted by molar-refractivity contribution is 0.240. The molecule has 2 N–H and O–H groups in total. The number of hydrogen-bond donors (Lipinski definition) is 1. The lowest BCUT2D eigenvalue weighted by atomic mass is 9.66. The van der Waals surface area contributed by atoms with Crippen LogP contribution >= 0.6 is 15.9 Å². The second-order valence-electron chi connectivity index (χ2n) is 7.25. The van der Waals surface area contributed by atoms with E-state index in [1.54, 1.807) is 0 Å². The van der Waals surface area contributed by atoms with Crippen molar-refractivity contribution < 1.29 is 9.47 Å². The van der Waals surface area contributed by atoms with Crippen molar-refractivity contribution in [3.63, 3.8) is 0 Å². The van der Waals surface area contributed by atoms with Crippen molar-refractivity contribution in [2.24, 2.45) is 5.73 Å². The maximum atomic E-state index is 6.37. The Bertz CT molecular complexity index is 571. The fourth-order valence-electron chi connectivity index (χ4n) is 4.73. The van der Waals surface area contributed by atoms with Gasteiger partial charge >= 0.3 is 0 Å². The molecule has 1 aliphatic carbocycles. The van der Waals surface area contributed by atoms with Gasteiger partial charge in [0, 0.05) is 28.7 Å². The van der Waals surface area contributed by atoms with Gasteiger partial charge in [-0.2, -0.15) is 0 Å². The molecule has 0 aromatic heterocycles. The molecule has 0 radical (unpaired) electrons. The van der Waals surface area contributed by atoms with Crippen LogP contribution in [0.3, 0.4) is 0 Å². The van der Waals surface area contributed by atoms with Crippen LogP contribution in [0, 0.1) is 0 Å². The van der Waals surface area contributed by atoms with Gasteiger partial charge in [-0.15, -0.1) is 0 Å². The smallest absolute Gasteiger partial charge is 0.137 e. The molecular weight excluding hydrogens is 354 g/mol. The molecule has 1 fully saturated rings. The van der Waals surface area contributed by atoms with E-state index in [0.717, 1.165) is 61.4 Å². The first-order valence-corrected chi connectivity index (χ1v) is 9.89. The van der Waals surface area contributed by atoms with Gasteiger partial charge in [-0.1, -0.05) is 19.3 Å². The van der Waals surface area contributed by atoms with E-state index in [1.165, 1.54) is 48.8 Å². The van der Waals surface area contributed by atoms with E-state index >= 15 is 0 Å². The number of halogens is 1. The largest absolute Gasteiger partial charge is 0.493 e. The summed E-state index contributed by atoms with van der Waals surface area (Å²) in [5.41, 5.74) is 10.5. The normalized spacial score (nSPS) is 22.5. The zero-order valence-corrected chi connectivity index (χ0v) is 15.3. The fourth-order valence-corrected chi connectivity index (χ4v) is 5.47. The molecular formula is C19H26BrNO2. The first-order chi connectivity index (χ1) is 11.3. The van der Waals surface area contributed by atoms with Gasteiger partial charge in [0.1, 0.15) is 11.5 Å². The molecule has 2 heterocycles. The highest BCUT2D eigenvalue weighted by Crippen LogP contribution is 2.53. The Morgan fingerprint density at radius 3 is 2.22 bits per heavy atom. The Hall–Kier alpha value is -0.740. The summed E-state index contributed by atoms with van der Waals surface area (Å²) >= 11 is 3.81. The van der Waals surface area contributed by atoms with Gasteiger partial charge in [0.25, 0.3) is 0 Å². The van der Waals surface area contributed by atoms with Gasteiger partial charge in [-0.3, -0.25) is 0 Å². The van der Waals surface area contributed by atoms with E-state index in [0.29, 0.717) is 0 Å². The molecule has 23 heavy (non-hydrogen) atoms. The molecule has 1 saturated carbocycles. The summed E-state index contributed by atoms with van der Waals surface area (Å²) in [4.78, 5) is 0. The van der Waals surface area contributed by atoms with Crippen LogP contribution in [0.25, 0.3) is 0 Å². The van der Waals surface area contributed by atoms with Crippen LogP contribution in [0.1, 0.15) is 61.6 Å². The SMILES string of the molecule is NCC1(c2c3c(c(Br)c4c2OCCC4)OCCC3)CCCCC1. The van der Waals surface area contributed by atoms with Gasteiger partial charge in [0.15, 0.2) is 0 Å². The molecule has 0 atom stereocenters. The van der Waals surface area contributed by atoms with Crippen LogP contribution in [-0.2, 0) is 18.3 Å². The van der Waals surface area contributed by atoms with Crippen LogP contribution in [-0.4, -0.2) is 19.8 Å². The van der Waals surface area contributed by atoms with Crippen LogP contribution in [0.5, 0.6) is 11.5 Å². The molecule has 0 amide bonds. The number of benzene rings is 1. The molecule has 0 spiro atoms. The molecule has 0 bridgehead atoms. The van der Waals surface area contributed by atoms with Crippen molar-refractivity contribution in [1.82, 2.24) is 0 Å². The fraction of sp³-hybridized carbons (Fsp3) is 0.684. The maximum Gasteiger partial charge on any atom is 0.137 e. The lowest BCUT2D eigenvalue weighted by Crippen LogP contribution is -2.39. The zero-order chi connectivity index (χ0) is 15.9. The highest BCUT2D eigenvalue weighted by molar-refractivity contribution is 9.10. The molecule has 3 nitrogen and oxygen atoms in total. The number of fused-ring (bicyclic) bond motifs is 2. The quantitative estimate of drug-likeness (QED) is 0.834. The maximum absolute atomic E-state index is 6.37. The number of nitrogens with two attached hydrogens (primary N) is 1. The first kappa shape index (κ1) is 15.8. The van der Waals surface area contributed by atoms with Crippen LogP contribution in [0.2, 0.25) is 0 Å². The van der Waals surface area contributed by atoms with E-state index in [-0.39, 0.29) is 5.41 Å². The lowest BCUT2D eigenvalue weighted by Gasteiger charge is -2.42. The highest BCUT2D eigenvalue weighted by Gasteiger charge is 2.41. The monoisotopic (exact) mass is 379 g/mol. The van der Waals surface area contributed by atoms with E-state index in [9.17, 15) is 0 Å². The van der Waals surface area contributed by atoms with Crippen molar-refractivity contribution in [1.29, 1.82) is 0 Å². The molecule has 2 aliphatic heterocycles. The minimum atomic E-state index is 0.0884. The Kier molecular flexibility index (Phi) is 4.31. The Labute approximate surface area is 147 Å². The van der Waals surface area contributed by atoms with Crippen molar-refractivity contribution in [3.05, 3.63) is 21.2 Å². The van der Waals surface area contributed by atoms with Gasteiger partial charge in [0.2, 0.25) is 0 Å². The molecule has 1 aromatic rings.